The first-order chi connectivity index (χ1) is 12.2. The smallest absolute Gasteiger partial charge is 0.395 e. The van der Waals surface area contributed by atoms with E-state index in [1.807, 2.05) is 0 Å². The van der Waals surface area contributed by atoms with Crippen LogP contribution in [0.15, 0.2) is 12.1 Å². The molecule has 0 radical (unpaired) electrons. The third-order valence-electron chi connectivity index (χ3n) is 4.63. The zero-order valence-corrected chi connectivity index (χ0v) is 15.0. The Hall–Kier alpha value is -1.68. The van der Waals surface area contributed by atoms with Crippen LogP contribution in [0.2, 0.25) is 0 Å². The van der Waals surface area contributed by atoms with Gasteiger partial charge in [0, 0.05) is 30.4 Å². The van der Waals surface area contributed by atoms with Crippen LogP contribution < -0.4 is 19.5 Å². The van der Waals surface area contributed by atoms with Crippen molar-refractivity contribution in [3.8, 4) is 11.5 Å². The Kier molecular flexibility index (Phi) is 5.25. The number of ether oxygens (including phenoxy) is 2. The lowest BCUT2D eigenvalue weighted by atomic mass is 9.86. The van der Waals surface area contributed by atoms with Crippen LogP contribution in [0, 0.1) is 11.7 Å². The lowest BCUT2D eigenvalue weighted by molar-refractivity contribution is -0.287. The molecule has 6 nitrogen and oxygen atoms in total. The molecule has 0 bridgehead atoms. The molecule has 0 saturated heterocycles. The van der Waals surface area contributed by atoms with Gasteiger partial charge in [-0.15, -0.1) is 8.78 Å². The Morgan fingerprint density at radius 3 is 2.54 bits per heavy atom. The Bertz CT molecular complexity index is 765. The highest BCUT2D eigenvalue weighted by Gasteiger charge is 2.45. The third kappa shape index (κ3) is 4.53. The fourth-order valence-electron chi connectivity index (χ4n) is 3.20. The first-order valence-corrected chi connectivity index (χ1v) is 10.2. The highest BCUT2D eigenvalue weighted by molar-refractivity contribution is 7.89. The molecule has 3 rings (SSSR count). The van der Waals surface area contributed by atoms with Crippen molar-refractivity contribution in [2.75, 3.05) is 17.6 Å². The summed E-state index contributed by atoms with van der Waals surface area (Å²) in [6.07, 6.45) is -0.767. The summed E-state index contributed by atoms with van der Waals surface area (Å²) >= 11 is 0. The van der Waals surface area contributed by atoms with Crippen LogP contribution >= 0.6 is 0 Å². The van der Waals surface area contributed by atoms with Crippen LogP contribution in [-0.2, 0) is 10.0 Å². The van der Waals surface area contributed by atoms with Gasteiger partial charge in [-0.2, -0.15) is 0 Å². The summed E-state index contributed by atoms with van der Waals surface area (Å²) in [4.78, 5) is 0. The second-order valence-corrected chi connectivity index (χ2v) is 8.62. The normalized spacial score (nSPS) is 24.5. The minimum absolute atomic E-state index is 0.0542. The molecule has 26 heavy (non-hydrogen) atoms. The monoisotopic (exact) mass is 394 g/mol. The number of sulfonamides is 1. The van der Waals surface area contributed by atoms with Crippen LogP contribution in [0.3, 0.4) is 0 Å². The van der Waals surface area contributed by atoms with E-state index >= 15 is 0 Å². The van der Waals surface area contributed by atoms with Crippen molar-refractivity contribution in [2.45, 2.75) is 44.9 Å². The summed E-state index contributed by atoms with van der Waals surface area (Å²) in [5, 5.41) is 3.03. The first kappa shape index (κ1) is 19.1. The lowest BCUT2D eigenvalue weighted by Crippen LogP contribution is -2.39. The molecular formula is C16H21F3N2O4S. The van der Waals surface area contributed by atoms with E-state index < -0.39 is 27.9 Å². The van der Waals surface area contributed by atoms with Gasteiger partial charge in [-0.3, -0.25) is 0 Å². The van der Waals surface area contributed by atoms with Gasteiger partial charge >= 0.3 is 6.29 Å². The van der Waals surface area contributed by atoms with E-state index in [0.29, 0.717) is 12.2 Å². The van der Waals surface area contributed by atoms with Crippen molar-refractivity contribution in [2.24, 2.45) is 5.92 Å². The topological polar surface area (TPSA) is 76.7 Å². The Balaban J connectivity index is 1.51. The van der Waals surface area contributed by atoms with Crippen molar-refractivity contribution < 1.29 is 31.1 Å². The van der Waals surface area contributed by atoms with Crippen LogP contribution in [-0.4, -0.2) is 33.1 Å². The minimum atomic E-state index is -3.86. The number of alkyl halides is 2. The number of fused-ring (bicyclic) bond motifs is 1. The molecule has 10 heteroatoms. The average Bonchev–Trinajstić information content (AvgIpc) is 2.89. The number of rotatable bonds is 6. The molecule has 1 heterocycles. The Morgan fingerprint density at radius 1 is 1.19 bits per heavy atom. The lowest BCUT2D eigenvalue weighted by Gasteiger charge is -2.29. The second kappa shape index (κ2) is 7.15. The fourth-order valence-corrected chi connectivity index (χ4v) is 4.11. The van der Waals surface area contributed by atoms with Crippen molar-refractivity contribution in [1.29, 1.82) is 0 Å². The zero-order valence-electron chi connectivity index (χ0n) is 14.2. The summed E-state index contributed by atoms with van der Waals surface area (Å²) < 4.78 is 74.2. The zero-order chi connectivity index (χ0) is 18.9. The van der Waals surface area contributed by atoms with Crippen molar-refractivity contribution in [1.82, 2.24) is 4.72 Å². The maximum absolute atomic E-state index is 13.9. The maximum Gasteiger partial charge on any atom is 0.586 e. The van der Waals surface area contributed by atoms with Gasteiger partial charge in [0.05, 0.1) is 5.75 Å². The number of halogens is 3. The van der Waals surface area contributed by atoms with Gasteiger partial charge in [0.25, 0.3) is 0 Å². The van der Waals surface area contributed by atoms with Gasteiger partial charge in [-0.1, -0.05) is 0 Å². The number of benzene rings is 1. The molecule has 0 unspecified atom stereocenters. The van der Waals surface area contributed by atoms with E-state index in [-0.39, 0.29) is 23.5 Å². The predicted molar refractivity (Wildman–Crippen MR) is 89.4 cm³/mol. The van der Waals surface area contributed by atoms with Gasteiger partial charge in [0.15, 0.2) is 11.6 Å². The Morgan fingerprint density at radius 2 is 1.88 bits per heavy atom. The summed E-state index contributed by atoms with van der Waals surface area (Å²) in [6, 6.07) is 2.31. The fraction of sp³-hybridized carbons (Fsp3) is 0.625. The molecule has 0 spiro atoms. The predicted octanol–water partition coefficient (Wildman–Crippen LogP) is 3.06. The van der Waals surface area contributed by atoms with Crippen molar-refractivity contribution >= 4 is 15.7 Å². The van der Waals surface area contributed by atoms with Gasteiger partial charge in [0.2, 0.25) is 15.8 Å². The van der Waals surface area contributed by atoms with E-state index in [4.69, 9.17) is 0 Å². The molecule has 1 saturated carbocycles. The molecule has 146 valence electrons. The number of anilines is 1. The van der Waals surface area contributed by atoms with Crippen LogP contribution in [0.1, 0.15) is 32.6 Å². The summed E-state index contributed by atoms with van der Waals surface area (Å²) in [7, 11) is -3.21. The second-order valence-electron chi connectivity index (χ2n) is 6.57. The molecule has 2 N–H and O–H groups in total. The van der Waals surface area contributed by atoms with E-state index in [1.165, 1.54) is 6.07 Å². The molecule has 1 aromatic rings. The largest absolute Gasteiger partial charge is 0.586 e. The quantitative estimate of drug-likeness (QED) is 0.776. The standard InChI is InChI=1S/C16H21F3N2O4S/c1-2-26(22,23)21-11-5-3-10(4-6-11)9-20-12-7-13(17)15-14(8-12)24-16(18,19)25-15/h7-8,10-11,20-21H,2-6,9H2,1H3/t10-,11-. The SMILES string of the molecule is CCS(=O)(=O)N[C@H]1CC[C@H](CNc2cc(F)c3c(c2)OC(F)(F)O3)CC1. The Labute approximate surface area is 150 Å². The van der Waals surface area contributed by atoms with Gasteiger partial charge in [-0.25, -0.2) is 17.5 Å². The van der Waals surface area contributed by atoms with E-state index in [0.717, 1.165) is 31.7 Å². The van der Waals surface area contributed by atoms with Crippen LogP contribution in [0.25, 0.3) is 0 Å². The molecule has 0 aromatic heterocycles. The van der Waals surface area contributed by atoms with E-state index in [9.17, 15) is 21.6 Å². The van der Waals surface area contributed by atoms with E-state index in [2.05, 4.69) is 19.5 Å². The molecule has 1 fully saturated rings. The average molecular weight is 394 g/mol. The molecular weight excluding hydrogens is 373 g/mol. The van der Waals surface area contributed by atoms with Crippen LogP contribution in [0.5, 0.6) is 11.5 Å². The summed E-state index contributed by atoms with van der Waals surface area (Å²) in [5.74, 6) is -1.50. The highest BCUT2D eigenvalue weighted by Crippen LogP contribution is 2.44. The van der Waals surface area contributed by atoms with E-state index in [1.54, 1.807) is 6.92 Å². The molecule has 1 aromatic carbocycles. The molecule has 1 aliphatic heterocycles. The minimum Gasteiger partial charge on any atom is -0.395 e. The number of hydrogen-bond acceptors (Lipinski definition) is 5. The number of nitrogens with one attached hydrogen (secondary N) is 2. The maximum atomic E-state index is 13.9. The van der Waals surface area contributed by atoms with Crippen molar-refractivity contribution in [3.05, 3.63) is 17.9 Å². The van der Waals surface area contributed by atoms with Gasteiger partial charge in [0.1, 0.15) is 0 Å². The molecule has 0 amide bonds. The number of hydrogen-bond donors (Lipinski definition) is 2. The summed E-state index contributed by atoms with van der Waals surface area (Å²) in [5.41, 5.74) is 0.330. The molecule has 1 aliphatic carbocycles. The first-order valence-electron chi connectivity index (χ1n) is 8.50. The molecule has 0 atom stereocenters. The van der Waals surface area contributed by atoms with Gasteiger partial charge < -0.3 is 14.8 Å². The highest BCUT2D eigenvalue weighted by atomic mass is 32.2. The third-order valence-corrected chi connectivity index (χ3v) is 6.08. The molecule has 2 aliphatic rings. The summed E-state index contributed by atoms with van der Waals surface area (Å²) in [6.45, 7) is 2.13. The van der Waals surface area contributed by atoms with Crippen LogP contribution in [0.4, 0.5) is 18.9 Å². The van der Waals surface area contributed by atoms with Crippen molar-refractivity contribution in [3.63, 3.8) is 0 Å². The van der Waals surface area contributed by atoms with Gasteiger partial charge in [-0.05, 0) is 38.5 Å².